The van der Waals surface area contributed by atoms with Crippen LogP contribution in [0.1, 0.15) is 71.1 Å². The average molecular weight is 310 g/mol. The van der Waals surface area contributed by atoms with Crippen LogP contribution in [0.4, 0.5) is 0 Å². The Kier molecular flexibility index (Phi) is 13.3. The lowest BCUT2D eigenvalue weighted by molar-refractivity contribution is -0.141. The van der Waals surface area contributed by atoms with Crippen molar-refractivity contribution in [3.05, 3.63) is 24.3 Å². The number of hydrogen-bond donors (Lipinski definition) is 2. The largest absolute Gasteiger partial charge is 0.481 e. The lowest BCUT2D eigenvalue weighted by atomic mass is 10.0. The van der Waals surface area contributed by atoms with Gasteiger partial charge in [0.05, 0.1) is 5.92 Å². The van der Waals surface area contributed by atoms with Crippen molar-refractivity contribution in [3.63, 3.8) is 0 Å². The number of unbranched alkanes of at least 4 members (excludes halogenated alkanes) is 5. The molecule has 0 radical (unpaired) electrons. The van der Waals surface area contributed by atoms with Crippen molar-refractivity contribution in [2.45, 2.75) is 71.1 Å². The van der Waals surface area contributed by atoms with Gasteiger partial charge in [-0.15, -0.1) is 0 Å². The van der Waals surface area contributed by atoms with Crippen molar-refractivity contribution < 1.29 is 19.8 Å². The lowest BCUT2D eigenvalue weighted by Crippen LogP contribution is -2.11. The molecule has 0 saturated carbocycles. The van der Waals surface area contributed by atoms with Gasteiger partial charge in [-0.25, -0.2) is 0 Å². The first kappa shape index (κ1) is 20.4. The molecule has 0 amide bonds. The van der Waals surface area contributed by atoms with E-state index in [2.05, 4.69) is 6.08 Å². The van der Waals surface area contributed by atoms with Gasteiger partial charge >= 0.3 is 11.9 Å². The predicted octanol–water partition coefficient (Wildman–Crippen LogP) is 4.81. The molecular weight excluding hydrogens is 280 g/mol. The highest BCUT2D eigenvalue weighted by molar-refractivity contribution is 5.70. The maximum atomic E-state index is 11.1. The van der Waals surface area contributed by atoms with Crippen molar-refractivity contribution >= 4 is 11.9 Å². The van der Waals surface area contributed by atoms with Crippen LogP contribution < -0.4 is 0 Å². The molecule has 1 unspecified atom stereocenters. The fourth-order valence-electron chi connectivity index (χ4n) is 2.17. The van der Waals surface area contributed by atoms with Crippen molar-refractivity contribution in [2.24, 2.45) is 5.92 Å². The molecule has 0 aromatic heterocycles. The number of aliphatic carboxylic acids is 2. The molecule has 0 aliphatic carbocycles. The minimum absolute atomic E-state index is 0.267. The van der Waals surface area contributed by atoms with Gasteiger partial charge in [0.1, 0.15) is 0 Å². The SMILES string of the molecule is CCC=CCC(CC=CCCCCCCCC(=O)O)C(=O)O. The highest BCUT2D eigenvalue weighted by Gasteiger charge is 2.13. The third-order valence-corrected chi connectivity index (χ3v) is 3.52. The van der Waals surface area contributed by atoms with E-state index >= 15 is 0 Å². The Morgan fingerprint density at radius 2 is 1.45 bits per heavy atom. The summed E-state index contributed by atoms with van der Waals surface area (Å²) in [6.07, 6.45) is 16.3. The molecule has 0 heterocycles. The molecule has 0 aromatic carbocycles. The maximum Gasteiger partial charge on any atom is 0.307 e. The fraction of sp³-hybridized carbons (Fsp3) is 0.667. The van der Waals surface area contributed by atoms with E-state index in [9.17, 15) is 9.59 Å². The normalized spacial score (nSPS) is 13.0. The zero-order valence-electron chi connectivity index (χ0n) is 13.7. The van der Waals surface area contributed by atoms with Gasteiger partial charge < -0.3 is 10.2 Å². The standard InChI is InChI=1S/C18H30O4/c1-2-3-10-13-16(18(21)22)14-11-8-6-4-5-7-9-12-15-17(19)20/h3,8,10-11,16H,2,4-7,9,12-15H2,1H3,(H,19,20)(H,21,22). The molecule has 0 bridgehead atoms. The van der Waals surface area contributed by atoms with Gasteiger partial charge in [0.15, 0.2) is 0 Å². The van der Waals surface area contributed by atoms with Crippen molar-refractivity contribution in [3.8, 4) is 0 Å². The van der Waals surface area contributed by atoms with Gasteiger partial charge in [0.2, 0.25) is 0 Å². The van der Waals surface area contributed by atoms with E-state index in [1.165, 1.54) is 0 Å². The summed E-state index contributed by atoms with van der Waals surface area (Å²) in [6.45, 7) is 2.04. The topological polar surface area (TPSA) is 74.6 Å². The second-order valence-corrected chi connectivity index (χ2v) is 5.56. The molecular formula is C18H30O4. The third kappa shape index (κ3) is 13.4. The van der Waals surface area contributed by atoms with Gasteiger partial charge in [-0.05, 0) is 38.5 Å². The molecule has 22 heavy (non-hydrogen) atoms. The number of carbonyl (C=O) groups is 2. The molecule has 0 fully saturated rings. The first-order chi connectivity index (χ1) is 10.6. The van der Waals surface area contributed by atoms with Crippen LogP contribution in [0, 0.1) is 5.92 Å². The van der Waals surface area contributed by atoms with E-state index in [0.29, 0.717) is 12.8 Å². The second kappa shape index (κ2) is 14.4. The smallest absolute Gasteiger partial charge is 0.307 e. The van der Waals surface area contributed by atoms with Crippen molar-refractivity contribution in [1.82, 2.24) is 0 Å². The summed E-state index contributed by atoms with van der Waals surface area (Å²) in [7, 11) is 0. The quantitative estimate of drug-likeness (QED) is 0.357. The summed E-state index contributed by atoms with van der Waals surface area (Å²) in [5, 5.41) is 17.6. The number of hydrogen-bond acceptors (Lipinski definition) is 2. The third-order valence-electron chi connectivity index (χ3n) is 3.52. The van der Waals surface area contributed by atoms with Crippen molar-refractivity contribution in [1.29, 1.82) is 0 Å². The average Bonchev–Trinajstić information content (AvgIpc) is 2.46. The van der Waals surface area contributed by atoms with Crippen LogP contribution in [0.25, 0.3) is 0 Å². The van der Waals surface area contributed by atoms with E-state index < -0.39 is 11.9 Å². The number of allylic oxidation sites excluding steroid dienone is 4. The molecule has 1 atom stereocenters. The summed E-state index contributed by atoms with van der Waals surface area (Å²) in [4.78, 5) is 21.4. The number of carboxylic acid groups (broad SMARTS) is 2. The highest BCUT2D eigenvalue weighted by Crippen LogP contribution is 2.12. The van der Waals surface area contributed by atoms with E-state index in [0.717, 1.165) is 44.9 Å². The summed E-state index contributed by atoms with van der Waals surface area (Å²) in [5.41, 5.74) is 0. The Morgan fingerprint density at radius 3 is 2.05 bits per heavy atom. The van der Waals surface area contributed by atoms with E-state index in [1.807, 2.05) is 25.2 Å². The summed E-state index contributed by atoms with van der Waals surface area (Å²) >= 11 is 0. The Bertz CT molecular complexity index is 358. The van der Waals surface area contributed by atoms with Crippen LogP contribution in [0.5, 0.6) is 0 Å². The Morgan fingerprint density at radius 1 is 0.864 bits per heavy atom. The van der Waals surface area contributed by atoms with Gasteiger partial charge in [0, 0.05) is 6.42 Å². The van der Waals surface area contributed by atoms with E-state index in [-0.39, 0.29) is 12.3 Å². The first-order valence-corrected chi connectivity index (χ1v) is 8.32. The summed E-state index contributed by atoms with van der Waals surface area (Å²) < 4.78 is 0. The van der Waals surface area contributed by atoms with E-state index in [4.69, 9.17) is 10.2 Å². The van der Waals surface area contributed by atoms with Crippen molar-refractivity contribution in [2.75, 3.05) is 0 Å². The first-order valence-electron chi connectivity index (χ1n) is 8.32. The molecule has 0 rings (SSSR count). The van der Waals surface area contributed by atoms with Crippen LogP contribution in [0.2, 0.25) is 0 Å². The highest BCUT2D eigenvalue weighted by atomic mass is 16.4. The monoisotopic (exact) mass is 310 g/mol. The van der Waals surface area contributed by atoms with Crippen LogP contribution in [0.3, 0.4) is 0 Å². The summed E-state index contributed by atoms with van der Waals surface area (Å²) in [6, 6.07) is 0. The van der Waals surface area contributed by atoms with Crippen LogP contribution >= 0.6 is 0 Å². The molecule has 0 aliphatic heterocycles. The second-order valence-electron chi connectivity index (χ2n) is 5.56. The fourth-order valence-corrected chi connectivity index (χ4v) is 2.17. The minimum atomic E-state index is -0.733. The molecule has 0 aromatic rings. The Balaban J connectivity index is 3.64. The zero-order valence-corrected chi connectivity index (χ0v) is 13.7. The predicted molar refractivity (Wildman–Crippen MR) is 88.9 cm³/mol. The molecule has 0 spiro atoms. The molecule has 2 N–H and O–H groups in total. The van der Waals surface area contributed by atoms with Crippen LogP contribution in [-0.2, 0) is 9.59 Å². The lowest BCUT2D eigenvalue weighted by Gasteiger charge is -2.06. The minimum Gasteiger partial charge on any atom is -0.481 e. The van der Waals surface area contributed by atoms with E-state index in [1.54, 1.807) is 0 Å². The Labute approximate surface area is 133 Å². The number of carboxylic acids is 2. The van der Waals surface area contributed by atoms with Crippen LogP contribution in [0.15, 0.2) is 24.3 Å². The summed E-state index contributed by atoms with van der Waals surface area (Å²) in [5.74, 6) is -1.77. The number of rotatable bonds is 14. The van der Waals surface area contributed by atoms with Crippen LogP contribution in [-0.4, -0.2) is 22.2 Å². The molecule has 126 valence electrons. The molecule has 0 aliphatic rings. The molecule has 0 saturated heterocycles. The maximum absolute atomic E-state index is 11.1. The molecule has 4 nitrogen and oxygen atoms in total. The molecule has 4 heteroatoms. The zero-order chi connectivity index (χ0) is 16.6. The Hall–Kier alpha value is -1.58. The van der Waals surface area contributed by atoms with Gasteiger partial charge in [-0.1, -0.05) is 50.5 Å². The van der Waals surface area contributed by atoms with Gasteiger partial charge in [0.25, 0.3) is 0 Å². The van der Waals surface area contributed by atoms with Gasteiger partial charge in [-0.3, -0.25) is 9.59 Å². The van der Waals surface area contributed by atoms with Gasteiger partial charge in [-0.2, -0.15) is 0 Å².